The number of amides is 1. The Kier molecular flexibility index (Phi) is 5.17. The van der Waals surface area contributed by atoms with E-state index in [4.69, 9.17) is 0 Å². The molecule has 1 aliphatic rings. The molecule has 0 aliphatic carbocycles. The summed E-state index contributed by atoms with van der Waals surface area (Å²) < 4.78 is 39.9. The van der Waals surface area contributed by atoms with Crippen LogP contribution in [0.5, 0.6) is 0 Å². The SMILES string of the molecule is CC(C)Cn1cnc2sc3c(c2c1=O)CCN(C(=O)c1ccc(C(F)(F)F)cc1)C3. The van der Waals surface area contributed by atoms with Gasteiger partial charge in [-0.3, -0.25) is 14.2 Å². The molecule has 4 rings (SSSR count). The summed E-state index contributed by atoms with van der Waals surface area (Å²) in [5, 5.41) is 0.625. The summed E-state index contributed by atoms with van der Waals surface area (Å²) in [4.78, 5) is 33.3. The molecule has 3 heterocycles. The number of alkyl halides is 3. The van der Waals surface area contributed by atoms with Crippen LogP contribution in [0.15, 0.2) is 35.4 Å². The molecule has 0 fully saturated rings. The topological polar surface area (TPSA) is 55.2 Å². The number of hydrogen-bond acceptors (Lipinski definition) is 4. The van der Waals surface area contributed by atoms with Crippen molar-refractivity contribution in [1.82, 2.24) is 14.5 Å². The maximum atomic E-state index is 12.9. The first-order valence-electron chi connectivity index (χ1n) is 9.61. The average molecular weight is 435 g/mol. The second-order valence-electron chi connectivity index (χ2n) is 7.83. The summed E-state index contributed by atoms with van der Waals surface area (Å²) >= 11 is 1.40. The van der Waals surface area contributed by atoms with Crippen molar-refractivity contribution in [2.24, 2.45) is 5.92 Å². The maximum Gasteiger partial charge on any atom is 0.416 e. The van der Waals surface area contributed by atoms with E-state index in [9.17, 15) is 22.8 Å². The van der Waals surface area contributed by atoms with Crippen LogP contribution in [0.3, 0.4) is 0 Å². The van der Waals surface area contributed by atoms with Gasteiger partial charge in [0, 0.05) is 23.5 Å². The van der Waals surface area contributed by atoms with E-state index in [2.05, 4.69) is 4.98 Å². The van der Waals surface area contributed by atoms with Crippen LogP contribution in [-0.4, -0.2) is 26.9 Å². The zero-order chi connectivity index (χ0) is 21.6. The van der Waals surface area contributed by atoms with Crippen molar-refractivity contribution >= 4 is 27.5 Å². The van der Waals surface area contributed by atoms with E-state index in [0.29, 0.717) is 42.2 Å². The van der Waals surface area contributed by atoms with Crippen molar-refractivity contribution in [3.05, 3.63) is 62.5 Å². The van der Waals surface area contributed by atoms with Crippen molar-refractivity contribution in [2.45, 2.75) is 39.5 Å². The molecule has 9 heteroatoms. The lowest BCUT2D eigenvalue weighted by Crippen LogP contribution is -2.35. The monoisotopic (exact) mass is 435 g/mol. The van der Waals surface area contributed by atoms with Crippen LogP contribution >= 0.6 is 11.3 Å². The highest BCUT2D eigenvalue weighted by Crippen LogP contribution is 2.33. The number of halogens is 3. The lowest BCUT2D eigenvalue weighted by Gasteiger charge is -2.27. The van der Waals surface area contributed by atoms with Crippen molar-refractivity contribution in [3.8, 4) is 0 Å². The van der Waals surface area contributed by atoms with E-state index < -0.39 is 11.7 Å². The van der Waals surface area contributed by atoms with Gasteiger partial charge in [0.15, 0.2) is 0 Å². The molecule has 158 valence electrons. The van der Waals surface area contributed by atoms with Crippen molar-refractivity contribution in [3.63, 3.8) is 0 Å². The summed E-state index contributed by atoms with van der Waals surface area (Å²) in [6.07, 6.45) is -2.35. The molecule has 2 aromatic heterocycles. The molecular weight excluding hydrogens is 415 g/mol. The van der Waals surface area contributed by atoms with Gasteiger partial charge in [-0.15, -0.1) is 11.3 Å². The quantitative estimate of drug-likeness (QED) is 0.615. The summed E-state index contributed by atoms with van der Waals surface area (Å²) in [6.45, 7) is 5.37. The molecule has 1 aromatic carbocycles. The fourth-order valence-corrected chi connectivity index (χ4v) is 4.89. The third kappa shape index (κ3) is 3.74. The molecule has 30 heavy (non-hydrogen) atoms. The molecule has 0 saturated heterocycles. The molecule has 0 radical (unpaired) electrons. The van der Waals surface area contributed by atoms with Gasteiger partial charge < -0.3 is 4.90 Å². The predicted octanol–water partition coefficient (Wildman–Crippen LogP) is 4.33. The number of fused-ring (bicyclic) bond motifs is 3. The minimum absolute atomic E-state index is 0.0614. The Labute approximate surface area is 174 Å². The number of thiophene rings is 1. The van der Waals surface area contributed by atoms with Crippen LogP contribution in [0.1, 0.15) is 40.2 Å². The minimum Gasteiger partial charge on any atom is -0.333 e. The molecule has 0 spiro atoms. The van der Waals surface area contributed by atoms with Gasteiger partial charge >= 0.3 is 6.18 Å². The molecule has 1 aliphatic heterocycles. The highest BCUT2D eigenvalue weighted by atomic mass is 32.1. The molecule has 0 unspecified atom stereocenters. The third-order valence-electron chi connectivity index (χ3n) is 5.14. The molecule has 0 N–H and O–H groups in total. The van der Waals surface area contributed by atoms with Gasteiger partial charge in [0.25, 0.3) is 11.5 Å². The van der Waals surface area contributed by atoms with Crippen LogP contribution in [0, 0.1) is 5.92 Å². The molecule has 5 nitrogen and oxygen atoms in total. The summed E-state index contributed by atoms with van der Waals surface area (Å²) in [5.74, 6) is -0.00901. The number of aromatic nitrogens is 2. The van der Waals surface area contributed by atoms with Crippen LogP contribution in [-0.2, 0) is 25.7 Å². The van der Waals surface area contributed by atoms with E-state index >= 15 is 0 Å². The summed E-state index contributed by atoms with van der Waals surface area (Å²) in [5.41, 5.74) is 0.300. The molecule has 3 aromatic rings. The molecule has 1 amide bonds. The van der Waals surface area contributed by atoms with Gasteiger partial charge in [-0.25, -0.2) is 4.98 Å². The number of carbonyl (C=O) groups excluding carboxylic acids is 1. The lowest BCUT2D eigenvalue weighted by atomic mass is 10.0. The first-order chi connectivity index (χ1) is 14.1. The van der Waals surface area contributed by atoms with Gasteiger partial charge in [-0.2, -0.15) is 13.2 Å². The van der Waals surface area contributed by atoms with E-state index in [1.54, 1.807) is 15.8 Å². The highest BCUT2D eigenvalue weighted by molar-refractivity contribution is 7.18. The van der Waals surface area contributed by atoms with Crippen molar-refractivity contribution < 1.29 is 18.0 Å². The van der Waals surface area contributed by atoms with Crippen LogP contribution in [0.4, 0.5) is 13.2 Å². The van der Waals surface area contributed by atoms with Crippen molar-refractivity contribution in [2.75, 3.05) is 6.54 Å². The fourth-order valence-electron chi connectivity index (χ4n) is 3.70. The van der Waals surface area contributed by atoms with Gasteiger partial charge in [-0.05, 0) is 42.2 Å². The number of rotatable bonds is 3. The van der Waals surface area contributed by atoms with Gasteiger partial charge in [-0.1, -0.05) is 13.8 Å². The number of benzene rings is 1. The summed E-state index contributed by atoms with van der Waals surface area (Å²) in [7, 11) is 0. The van der Waals surface area contributed by atoms with Crippen molar-refractivity contribution in [1.29, 1.82) is 0 Å². The van der Waals surface area contributed by atoms with Gasteiger partial charge in [0.1, 0.15) is 4.83 Å². The number of hydrogen-bond donors (Lipinski definition) is 0. The Morgan fingerprint density at radius 1 is 1.23 bits per heavy atom. The minimum atomic E-state index is -4.44. The van der Waals surface area contributed by atoms with Crippen LogP contribution < -0.4 is 5.56 Å². The van der Waals surface area contributed by atoms with Gasteiger partial charge in [0.05, 0.1) is 23.8 Å². The van der Waals surface area contributed by atoms with E-state index in [-0.39, 0.29) is 17.0 Å². The van der Waals surface area contributed by atoms with Crippen LogP contribution in [0.25, 0.3) is 10.2 Å². The maximum absolute atomic E-state index is 12.9. The lowest BCUT2D eigenvalue weighted by molar-refractivity contribution is -0.137. The molecule has 0 saturated carbocycles. The first kappa shape index (κ1) is 20.6. The predicted molar refractivity (Wildman–Crippen MR) is 109 cm³/mol. The largest absolute Gasteiger partial charge is 0.416 e. The third-order valence-corrected chi connectivity index (χ3v) is 6.26. The Morgan fingerprint density at radius 2 is 1.93 bits per heavy atom. The van der Waals surface area contributed by atoms with Crippen LogP contribution in [0.2, 0.25) is 0 Å². The zero-order valence-corrected chi connectivity index (χ0v) is 17.3. The fraction of sp³-hybridized carbons (Fsp3) is 0.381. The second-order valence-corrected chi connectivity index (χ2v) is 8.92. The highest BCUT2D eigenvalue weighted by Gasteiger charge is 2.31. The summed E-state index contributed by atoms with van der Waals surface area (Å²) in [6, 6.07) is 4.25. The van der Waals surface area contributed by atoms with E-state index in [1.165, 1.54) is 23.5 Å². The standard InChI is InChI=1S/C21H20F3N3O2S/c1-12(2)9-27-11-25-18-17(20(27)29)15-7-8-26(10-16(15)30-18)19(28)13-3-5-14(6-4-13)21(22,23)24/h3-6,11-12H,7-10H2,1-2H3. The average Bonchev–Trinajstić information content (AvgIpc) is 3.07. The Hall–Kier alpha value is -2.68. The van der Waals surface area contributed by atoms with E-state index in [1.807, 2.05) is 13.8 Å². The van der Waals surface area contributed by atoms with E-state index in [0.717, 1.165) is 22.6 Å². The smallest absolute Gasteiger partial charge is 0.333 e. The Bertz CT molecular complexity index is 1160. The number of nitrogens with zero attached hydrogens (tertiary/aromatic N) is 3. The zero-order valence-electron chi connectivity index (χ0n) is 16.5. The Morgan fingerprint density at radius 3 is 2.57 bits per heavy atom. The first-order valence-corrected chi connectivity index (χ1v) is 10.4. The Balaban J connectivity index is 1.60. The second kappa shape index (κ2) is 7.54. The normalized spacial score (nSPS) is 14.4. The molecule has 0 atom stereocenters. The number of carbonyl (C=O) groups is 1. The molecule has 0 bridgehead atoms. The molecular formula is C21H20F3N3O2S. The van der Waals surface area contributed by atoms with Gasteiger partial charge in [0.2, 0.25) is 0 Å².